The number of hydrogen-bond acceptors (Lipinski definition) is 3. The lowest BCUT2D eigenvalue weighted by Gasteiger charge is -2.11. The predicted octanol–water partition coefficient (Wildman–Crippen LogP) is 3.53. The molecule has 0 unspecified atom stereocenters. The second kappa shape index (κ2) is 6.71. The average molecular weight is 331 g/mol. The number of carbonyl (C=O) groups excluding carboxylic acids is 1. The van der Waals surface area contributed by atoms with Gasteiger partial charge in [-0.15, -0.1) is 0 Å². The van der Waals surface area contributed by atoms with E-state index < -0.39 is 9.84 Å². The third-order valence-corrected chi connectivity index (χ3v) is 6.72. The van der Waals surface area contributed by atoms with Gasteiger partial charge in [-0.1, -0.05) is 43.2 Å². The van der Waals surface area contributed by atoms with Gasteiger partial charge in [0.05, 0.1) is 11.0 Å². The number of amides is 1. The van der Waals surface area contributed by atoms with E-state index in [1.54, 1.807) is 0 Å². The molecule has 1 saturated carbocycles. The number of carbonyl (C=O) groups is 1. The van der Waals surface area contributed by atoms with Gasteiger partial charge in [0.25, 0.3) is 0 Å². The first-order valence-corrected chi connectivity index (χ1v) is 9.76. The molecule has 2 aromatic carbocycles. The number of sulfone groups is 1. The van der Waals surface area contributed by atoms with Crippen LogP contribution in [0, 0.1) is 0 Å². The molecule has 0 atom stereocenters. The lowest BCUT2D eigenvalue weighted by molar-refractivity contribution is -0.115. The van der Waals surface area contributed by atoms with E-state index in [0.717, 1.165) is 36.5 Å². The molecule has 0 saturated heterocycles. The van der Waals surface area contributed by atoms with Crippen LogP contribution in [0.25, 0.3) is 10.8 Å². The first-order valence-electron chi connectivity index (χ1n) is 8.05. The number of rotatable bonds is 5. The maximum Gasteiger partial charge on any atom is 0.225 e. The Kier molecular flexibility index (Phi) is 4.66. The third kappa shape index (κ3) is 3.91. The van der Waals surface area contributed by atoms with Crippen molar-refractivity contribution in [2.75, 3.05) is 11.1 Å². The molecule has 5 heteroatoms. The van der Waals surface area contributed by atoms with E-state index in [2.05, 4.69) is 5.32 Å². The Morgan fingerprint density at radius 2 is 1.74 bits per heavy atom. The summed E-state index contributed by atoms with van der Waals surface area (Å²) in [6.07, 6.45) is 3.47. The number of hydrogen-bond donors (Lipinski definition) is 1. The molecule has 1 fully saturated rings. The maximum atomic E-state index is 12.2. The standard InChI is InChI=1S/C18H21NO3S/c20-18(11-12-23(21,22)17-7-3-4-8-17)19-16-10-9-14-5-1-2-6-15(14)13-16/h1-2,5-6,9-10,13,17H,3-4,7-8,11-12H2,(H,19,20). The SMILES string of the molecule is O=C(CCS(=O)(=O)C1CCCC1)Nc1ccc2ccccc2c1. The van der Waals surface area contributed by atoms with Gasteiger partial charge < -0.3 is 5.32 Å². The van der Waals surface area contributed by atoms with Crippen LogP contribution < -0.4 is 5.32 Å². The monoisotopic (exact) mass is 331 g/mol. The van der Waals surface area contributed by atoms with Gasteiger partial charge in [0.2, 0.25) is 5.91 Å². The maximum absolute atomic E-state index is 12.2. The van der Waals surface area contributed by atoms with Gasteiger partial charge in [0.15, 0.2) is 9.84 Å². The molecule has 4 nitrogen and oxygen atoms in total. The van der Waals surface area contributed by atoms with Crippen molar-refractivity contribution in [3.8, 4) is 0 Å². The van der Waals surface area contributed by atoms with Crippen molar-refractivity contribution in [3.63, 3.8) is 0 Å². The fourth-order valence-corrected chi connectivity index (χ4v) is 4.99. The smallest absolute Gasteiger partial charge is 0.225 e. The molecular weight excluding hydrogens is 310 g/mol. The van der Waals surface area contributed by atoms with Crippen LogP contribution in [0.5, 0.6) is 0 Å². The zero-order valence-electron chi connectivity index (χ0n) is 13.0. The van der Waals surface area contributed by atoms with Crippen LogP contribution in [-0.2, 0) is 14.6 Å². The highest BCUT2D eigenvalue weighted by molar-refractivity contribution is 7.92. The summed E-state index contributed by atoms with van der Waals surface area (Å²) < 4.78 is 24.4. The Balaban J connectivity index is 1.60. The van der Waals surface area contributed by atoms with Crippen LogP contribution in [0.1, 0.15) is 32.1 Å². The van der Waals surface area contributed by atoms with Crippen molar-refractivity contribution in [1.82, 2.24) is 0 Å². The number of fused-ring (bicyclic) bond motifs is 1. The average Bonchev–Trinajstić information content (AvgIpc) is 3.08. The topological polar surface area (TPSA) is 63.2 Å². The van der Waals surface area contributed by atoms with E-state index in [4.69, 9.17) is 0 Å². The Morgan fingerprint density at radius 3 is 2.48 bits per heavy atom. The van der Waals surface area contributed by atoms with Crippen molar-refractivity contribution in [2.24, 2.45) is 0 Å². The lowest BCUT2D eigenvalue weighted by Crippen LogP contribution is -2.24. The van der Waals surface area contributed by atoms with Crippen molar-refractivity contribution < 1.29 is 13.2 Å². The van der Waals surface area contributed by atoms with Crippen LogP contribution >= 0.6 is 0 Å². The van der Waals surface area contributed by atoms with Gasteiger partial charge in [-0.3, -0.25) is 4.79 Å². The van der Waals surface area contributed by atoms with Crippen molar-refractivity contribution in [3.05, 3.63) is 42.5 Å². The number of nitrogens with one attached hydrogen (secondary N) is 1. The molecule has 0 aliphatic heterocycles. The fraction of sp³-hybridized carbons (Fsp3) is 0.389. The highest BCUT2D eigenvalue weighted by Gasteiger charge is 2.28. The first kappa shape index (κ1) is 16.0. The van der Waals surface area contributed by atoms with Gasteiger partial charge in [-0.25, -0.2) is 8.42 Å². The molecule has 1 aliphatic rings. The van der Waals surface area contributed by atoms with Gasteiger partial charge in [0.1, 0.15) is 0 Å². The van der Waals surface area contributed by atoms with Crippen molar-refractivity contribution in [1.29, 1.82) is 0 Å². The van der Waals surface area contributed by atoms with E-state index in [-0.39, 0.29) is 23.3 Å². The first-order chi connectivity index (χ1) is 11.0. The summed E-state index contributed by atoms with van der Waals surface area (Å²) in [7, 11) is -3.14. The molecule has 1 amide bonds. The lowest BCUT2D eigenvalue weighted by atomic mass is 10.1. The highest BCUT2D eigenvalue weighted by Crippen LogP contribution is 2.25. The molecule has 122 valence electrons. The van der Waals surface area contributed by atoms with Crippen LogP contribution in [0.2, 0.25) is 0 Å². The number of benzene rings is 2. The van der Waals surface area contributed by atoms with E-state index in [1.165, 1.54) is 0 Å². The molecular formula is C18H21NO3S. The summed E-state index contributed by atoms with van der Waals surface area (Å²) >= 11 is 0. The summed E-state index contributed by atoms with van der Waals surface area (Å²) in [4.78, 5) is 12.0. The molecule has 0 spiro atoms. The Bertz CT molecular complexity index is 808. The fourth-order valence-electron chi connectivity index (χ4n) is 3.14. The minimum Gasteiger partial charge on any atom is -0.326 e. The highest BCUT2D eigenvalue weighted by atomic mass is 32.2. The molecule has 3 rings (SSSR count). The largest absolute Gasteiger partial charge is 0.326 e. The molecule has 0 bridgehead atoms. The normalized spacial score (nSPS) is 15.8. The summed E-state index contributed by atoms with van der Waals surface area (Å²) in [5, 5.41) is 4.71. The predicted molar refractivity (Wildman–Crippen MR) is 93.2 cm³/mol. The molecule has 23 heavy (non-hydrogen) atoms. The molecule has 1 aliphatic carbocycles. The second-order valence-corrected chi connectivity index (χ2v) is 8.53. The molecule has 1 N–H and O–H groups in total. The van der Waals surface area contributed by atoms with Crippen LogP contribution in [0.4, 0.5) is 5.69 Å². The summed E-state index contributed by atoms with van der Waals surface area (Å²) in [6.45, 7) is 0. The van der Waals surface area contributed by atoms with Gasteiger partial charge in [0, 0.05) is 12.1 Å². The van der Waals surface area contributed by atoms with Crippen LogP contribution in [-0.4, -0.2) is 25.3 Å². The third-order valence-electron chi connectivity index (χ3n) is 4.46. The Hall–Kier alpha value is -1.88. The van der Waals surface area contributed by atoms with Gasteiger partial charge in [-0.2, -0.15) is 0 Å². The zero-order valence-corrected chi connectivity index (χ0v) is 13.8. The quantitative estimate of drug-likeness (QED) is 0.911. The molecule has 2 aromatic rings. The van der Waals surface area contributed by atoms with Crippen LogP contribution in [0.15, 0.2) is 42.5 Å². The van der Waals surface area contributed by atoms with Gasteiger partial charge >= 0.3 is 0 Å². The van der Waals surface area contributed by atoms with E-state index in [0.29, 0.717) is 5.69 Å². The Labute approximate surface area is 136 Å². The summed E-state index contributed by atoms with van der Waals surface area (Å²) in [5.74, 6) is -0.307. The molecule has 0 radical (unpaired) electrons. The number of anilines is 1. The van der Waals surface area contributed by atoms with E-state index >= 15 is 0 Å². The van der Waals surface area contributed by atoms with Crippen molar-refractivity contribution in [2.45, 2.75) is 37.4 Å². The van der Waals surface area contributed by atoms with Crippen LogP contribution in [0.3, 0.4) is 0 Å². The van der Waals surface area contributed by atoms with Crippen molar-refractivity contribution >= 4 is 32.2 Å². The second-order valence-electron chi connectivity index (χ2n) is 6.13. The van der Waals surface area contributed by atoms with Gasteiger partial charge in [-0.05, 0) is 35.7 Å². The minimum absolute atomic E-state index is 0.0195. The zero-order chi connectivity index (χ0) is 16.3. The molecule has 0 heterocycles. The summed E-state index contributed by atoms with van der Waals surface area (Å²) in [6, 6.07) is 13.6. The van der Waals surface area contributed by atoms with E-state index in [9.17, 15) is 13.2 Å². The Morgan fingerprint density at radius 1 is 1.04 bits per heavy atom. The summed E-state index contributed by atoms with van der Waals surface area (Å²) in [5.41, 5.74) is 0.701. The van der Waals surface area contributed by atoms with E-state index in [1.807, 2.05) is 42.5 Å². The molecule has 0 aromatic heterocycles. The minimum atomic E-state index is -3.14.